The highest BCUT2D eigenvalue weighted by Crippen LogP contribution is 2.26. The maximum atomic E-state index is 11.4. The van der Waals surface area contributed by atoms with E-state index in [2.05, 4.69) is 24.5 Å². The Bertz CT molecular complexity index is 255. The third kappa shape index (κ3) is 5.91. The Labute approximate surface area is 104 Å². The van der Waals surface area contributed by atoms with Gasteiger partial charge in [0.25, 0.3) is 0 Å². The van der Waals surface area contributed by atoms with Crippen molar-refractivity contribution in [1.29, 1.82) is 0 Å². The van der Waals surface area contributed by atoms with Crippen molar-refractivity contribution in [3.63, 3.8) is 0 Å². The molecule has 1 aliphatic carbocycles. The third-order valence-electron chi connectivity index (χ3n) is 2.85. The topological polar surface area (TPSA) is 50.4 Å². The fourth-order valence-corrected chi connectivity index (χ4v) is 2.05. The van der Waals surface area contributed by atoms with Crippen molar-refractivity contribution >= 4 is 6.09 Å². The first-order valence-corrected chi connectivity index (χ1v) is 6.49. The summed E-state index contributed by atoms with van der Waals surface area (Å²) in [5.74, 6) is 0.846. The van der Waals surface area contributed by atoms with E-state index in [0.717, 1.165) is 5.92 Å². The van der Waals surface area contributed by atoms with Gasteiger partial charge < -0.3 is 15.4 Å². The first-order valence-electron chi connectivity index (χ1n) is 6.49. The molecule has 0 heterocycles. The van der Waals surface area contributed by atoms with E-state index in [9.17, 15) is 4.79 Å². The first kappa shape index (κ1) is 14.3. The number of hydrogen-bond acceptors (Lipinski definition) is 3. The van der Waals surface area contributed by atoms with E-state index in [1.54, 1.807) is 0 Å². The zero-order valence-corrected chi connectivity index (χ0v) is 11.7. The van der Waals surface area contributed by atoms with Crippen molar-refractivity contribution in [3.05, 3.63) is 0 Å². The standard InChI is InChI=1S/C13H26N2O2/c1-9-6-11(7-9)15-10(2)8-14-12(16)17-13(3,4)5/h9-11,15H,6-8H2,1-5H3,(H,14,16). The van der Waals surface area contributed by atoms with Crippen LogP contribution in [0, 0.1) is 5.92 Å². The Morgan fingerprint density at radius 3 is 2.47 bits per heavy atom. The Kier molecular flexibility index (Phi) is 4.80. The molecule has 0 bridgehead atoms. The summed E-state index contributed by atoms with van der Waals surface area (Å²) in [6.07, 6.45) is 2.15. The molecule has 0 aromatic rings. The fourth-order valence-electron chi connectivity index (χ4n) is 2.05. The Hall–Kier alpha value is -0.770. The second-order valence-corrected chi connectivity index (χ2v) is 6.22. The van der Waals surface area contributed by atoms with Crippen molar-refractivity contribution < 1.29 is 9.53 Å². The van der Waals surface area contributed by atoms with Crippen molar-refractivity contribution in [2.45, 2.75) is 65.1 Å². The van der Waals surface area contributed by atoms with Crippen molar-refractivity contribution in [2.75, 3.05) is 6.54 Å². The largest absolute Gasteiger partial charge is 0.444 e. The minimum absolute atomic E-state index is 0.292. The molecule has 0 aliphatic heterocycles. The van der Waals surface area contributed by atoms with Crippen LogP contribution in [0.25, 0.3) is 0 Å². The van der Waals surface area contributed by atoms with Gasteiger partial charge in [0, 0.05) is 18.6 Å². The van der Waals surface area contributed by atoms with Gasteiger partial charge >= 0.3 is 6.09 Å². The average molecular weight is 242 g/mol. The first-order chi connectivity index (χ1) is 7.76. The molecule has 4 nitrogen and oxygen atoms in total. The molecular weight excluding hydrogens is 216 g/mol. The van der Waals surface area contributed by atoms with E-state index < -0.39 is 5.60 Å². The summed E-state index contributed by atoms with van der Waals surface area (Å²) < 4.78 is 5.17. The fraction of sp³-hybridized carbons (Fsp3) is 0.923. The molecule has 1 amide bonds. The molecule has 1 aliphatic rings. The minimum Gasteiger partial charge on any atom is -0.444 e. The highest BCUT2D eigenvalue weighted by molar-refractivity contribution is 5.67. The van der Waals surface area contributed by atoms with E-state index >= 15 is 0 Å². The van der Waals surface area contributed by atoms with Crippen LogP contribution in [0.2, 0.25) is 0 Å². The molecule has 17 heavy (non-hydrogen) atoms. The second kappa shape index (κ2) is 5.71. The maximum Gasteiger partial charge on any atom is 0.407 e. The molecule has 0 aromatic carbocycles. The lowest BCUT2D eigenvalue weighted by molar-refractivity contribution is 0.0520. The summed E-state index contributed by atoms with van der Waals surface area (Å²) >= 11 is 0. The van der Waals surface area contributed by atoms with Crippen LogP contribution in [0.1, 0.15) is 47.5 Å². The smallest absolute Gasteiger partial charge is 0.407 e. The zero-order valence-electron chi connectivity index (χ0n) is 11.7. The van der Waals surface area contributed by atoms with E-state index in [1.807, 2.05) is 20.8 Å². The third-order valence-corrected chi connectivity index (χ3v) is 2.85. The summed E-state index contributed by atoms with van der Waals surface area (Å²) in [6.45, 7) is 10.6. The Balaban J connectivity index is 2.11. The molecule has 1 rings (SSSR count). The number of rotatable bonds is 4. The summed E-state index contributed by atoms with van der Waals surface area (Å²) in [5.41, 5.74) is -0.426. The van der Waals surface area contributed by atoms with Gasteiger partial charge in [-0.05, 0) is 46.5 Å². The van der Waals surface area contributed by atoms with Crippen molar-refractivity contribution in [1.82, 2.24) is 10.6 Å². The van der Waals surface area contributed by atoms with Crippen LogP contribution in [-0.4, -0.2) is 30.3 Å². The molecule has 1 saturated carbocycles. The number of nitrogens with one attached hydrogen (secondary N) is 2. The monoisotopic (exact) mass is 242 g/mol. The van der Waals surface area contributed by atoms with Crippen LogP contribution in [0.15, 0.2) is 0 Å². The van der Waals surface area contributed by atoms with Crippen LogP contribution >= 0.6 is 0 Å². The summed E-state index contributed by atoms with van der Waals surface area (Å²) in [7, 11) is 0. The van der Waals surface area contributed by atoms with E-state index in [-0.39, 0.29) is 6.09 Å². The van der Waals surface area contributed by atoms with E-state index in [1.165, 1.54) is 12.8 Å². The summed E-state index contributed by atoms with van der Waals surface area (Å²) in [5, 5.41) is 6.27. The molecular formula is C13H26N2O2. The van der Waals surface area contributed by atoms with Crippen LogP contribution in [0.3, 0.4) is 0 Å². The second-order valence-electron chi connectivity index (χ2n) is 6.22. The molecule has 0 spiro atoms. The molecule has 1 unspecified atom stereocenters. The number of amides is 1. The van der Waals surface area contributed by atoms with Gasteiger partial charge in [0.2, 0.25) is 0 Å². The quantitative estimate of drug-likeness (QED) is 0.795. The predicted molar refractivity (Wildman–Crippen MR) is 69.0 cm³/mol. The van der Waals surface area contributed by atoms with Crippen LogP contribution in [0.5, 0.6) is 0 Å². The van der Waals surface area contributed by atoms with Gasteiger partial charge in [-0.2, -0.15) is 0 Å². The lowest BCUT2D eigenvalue weighted by Crippen LogP contribution is -2.49. The molecule has 100 valence electrons. The molecule has 0 radical (unpaired) electrons. The molecule has 0 saturated heterocycles. The van der Waals surface area contributed by atoms with Crippen LogP contribution in [-0.2, 0) is 4.74 Å². The summed E-state index contributed by atoms with van der Waals surface area (Å²) in [6, 6.07) is 0.917. The van der Waals surface area contributed by atoms with Gasteiger partial charge in [-0.1, -0.05) is 6.92 Å². The Morgan fingerprint density at radius 2 is 2.00 bits per heavy atom. The van der Waals surface area contributed by atoms with Gasteiger partial charge in [-0.3, -0.25) is 0 Å². The number of ether oxygens (including phenoxy) is 1. The molecule has 4 heteroatoms. The maximum absolute atomic E-state index is 11.4. The average Bonchev–Trinajstić information content (AvgIpc) is 2.09. The number of hydrogen-bond donors (Lipinski definition) is 2. The van der Waals surface area contributed by atoms with Crippen LogP contribution < -0.4 is 10.6 Å². The summed E-state index contributed by atoms with van der Waals surface area (Å²) in [4.78, 5) is 11.4. The lowest BCUT2D eigenvalue weighted by Gasteiger charge is -2.35. The number of carbonyl (C=O) groups excluding carboxylic acids is 1. The van der Waals surface area contributed by atoms with E-state index in [4.69, 9.17) is 4.74 Å². The lowest BCUT2D eigenvalue weighted by atomic mass is 9.81. The number of carbonyl (C=O) groups is 1. The van der Waals surface area contributed by atoms with Gasteiger partial charge in [0.05, 0.1) is 0 Å². The van der Waals surface area contributed by atoms with Gasteiger partial charge in [-0.15, -0.1) is 0 Å². The zero-order chi connectivity index (χ0) is 13.1. The van der Waals surface area contributed by atoms with Gasteiger partial charge in [0.15, 0.2) is 0 Å². The highest BCUT2D eigenvalue weighted by atomic mass is 16.6. The molecule has 2 N–H and O–H groups in total. The predicted octanol–water partition coefficient (Wildman–Crippen LogP) is 2.29. The van der Waals surface area contributed by atoms with E-state index in [0.29, 0.717) is 18.6 Å². The van der Waals surface area contributed by atoms with Gasteiger partial charge in [0.1, 0.15) is 5.60 Å². The number of alkyl carbamates (subject to hydrolysis) is 1. The van der Waals surface area contributed by atoms with Crippen molar-refractivity contribution in [2.24, 2.45) is 5.92 Å². The van der Waals surface area contributed by atoms with Crippen molar-refractivity contribution in [3.8, 4) is 0 Å². The normalized spacial score (nSPS) is 25.9. The minimum atomic E-state index is -0.426. The molecule has 1 atom stereocenters. The van der Waals surface area contributed by atoms with Gasteiger partial charge in [-0.25, -0.2) is 4.79 Å². The Morgan fingerprint density at radius 1 is 1.41 bits per heavy atom. The molecule has 1 fully saturated rings. The highest BCUT2D eigenvalue weighted by Gasteiger charge is 2.26. The molecule has 0 aromatic heterocycles. The van der Waals surface area contributed by atoms with Crippen LogP contribution in [0.4, 0.5) is 4.79 Å². The SMILES string of the molecule is CC1CC(NC(C)CNC(=O)OC(C)(C)C)C1.